The minimum Gasteiger partial charge on any atom is -0.395 e. The van der Waals surface area contributed by atoms with Crippen molar-refractivity contribution in [2.24, 2.45) is 0 Å². The second-order valence-corrected chi connectivity index (χ2v) is 4.82. The molecule has 0 aromatic carbocycles. The molecule has 1 heterocycles. The Bertz CT molecular complexity index is 440. The van der Waals surface area contributed by atoms with Crippen LogP contribution in [0.1, 0.15) is 29.4 Å². The average molecular weight is 301 g/mol. The molecular weight excluding hydrogens is 280 g/mol. The van der Waals surface area contributed by atoms with Gasteiger partial charge in [0.05, 0.1) is 13.2 Å². The summed E-state index contributed by atoms with van der Waals surface area (Å²) < 4.78 is 4.98. The van der Waals surface area contributed by atoms with Crippen molar-refractivity contribution < 1.29 is 14.6 Å². The van der Waals surface area contributed by atoms with Crippen LogP contribution in [0.2, 0.25) is 5.15 Å². The predicted octanol–water partition coefficient (Wildman–Crippen LogP) is 1.77. The molecule has 0 fully saturated rings. The summed E-state index contributed by atoms with van der Waals surface area (Å²) in [5, 5.41) is 9.37. The van der Waals surface area contributed by atoms with Crippen molar-refractivity contribution in [3.63, 3.8) is 0 Å². The van der Waals surface area contributed by atoms with Crippen LogP contribution in [0.15, 0.2) is 12.1 Å². The number of aliphatic hydroxyl groups excluding tert-OH is 1. The third-order valence-corrected chi connectivity index (χ3v) is 3.02. The molecule has 0 aliphatic rings. The number of aryl methyl sites for hydroxylation is 1. The number of amides is 1. The smallest absolute Gasteiger partial charge is 0.254 e. The normalized spacial score (nSPS) is 10.6. The van der Waals surface area contributed by atoms with Gasteiger partial charge in [0.25, 0.3) is 5.91 Å². The second-order valence-electron chi connectivity index (χ2n) is 4.43. The zero-order valence-electron chi connectivity index (χ0n) is 11.9. The number of aromatic nitrogens is 1. The van der Waals surface area contributed by atoms with E-state index in [0.29, 0.717) is 23.9 Å². The highest BCUT2D eigenvalue weighted by Gasteiger charge is 2.16. The number of methoxy groups -OCH3 is 1. The van der Waals surface area contributed by atoms with Gasteiger partial charge in [0.1, 0.15) is 5.15 Å². The van der Waals surface area contributed by atoms with Gasteiger partial charge in [0.2, 0.25) is 0 Å². The molecule has 6 heteroatoms. The Hall–Kier alpha value is -1.17. The van der Waals surface area contributed by atoms with E-state index in [4.69, 9.17) is 21.4 Å². The van der Waals surface area contributed by atoms with Crippen molar-refractivity contribution in [3.8, 4) is 0 Å². The fourth-order valence-corrected chi connectivity index (χ4v) is 2.10. The van der Waals surface area contributed by atoms with Crippen LogP contribution >= 0.6 is 11.6 Å². The van der Waals surface area contributed by atoms with Gasteiger partial charge in [-0.2, -0.15) is 0 Å². The standard InChI is InChI=1S/C14H21ClN2O3/c1-3-4-12-9-11(10-13(15)16-12)14(19)17(5-7-18)6-8-20-2/h9-10,18H,3-8H2,1-2H3. The Morgan fingerprint density at radius 2 is 2.20 bits per heavy atom. The van der Waals surface area contributed by atoms with Crippen LogP contribution in [0.25, 0.3) is 0 Å². The minimum atomic E-state index is -0.169. The maximum atomic E-state index is 12.4. The number of carbonyl (C=O) groups excluding carboxylic acids is 1. The lowest BCUT2D eigenvalue weighted by atomic mass is 10.1. The van der Waals surface area contributed by atoms with E-state index in [-0.39, 0.29) is 19.1 Å². The first-order valence-electron chi connectivity index (χ1n) is 6.67. The Kier molecular flexibility index (Phi) is 7.51. The van der Waals surface area contributed by atoms with Gasteiger partial charge in [-0.3, -0.25) is 4.79 Å². The van der Waals surface area contributed by atoms with Gasteiger partial charge in [-0.25, -0.2) is 4.98 Å². The highest BCUT2D eigenvalue weighted by Crippen LogP contribution is 2.14. The molecule has 0 spiro atoms. The molecule has 0 saturated heterocycles. The van der Waals surface area contributed by atoms with E-state index < -0.39 is 0 Å². The molecule has 0 aliphatic heterocycles. The molecule has 0 aliphatic carbocycles. The third kappa shape index (κ3) is 5.07. The number of carbonyl (C=O) groups is 1. The molecule has 0 bridgehead atoms. The Morgan fingerprint density at radius 1 is 1.45 bits per heavy atom. The molecule has 5 nitrogen and oxygen atoms in total. The second kappa shape index (κ2) is 8.89. The molecule has 0 radical (unpaired) electrons. The number of nitrogens with zero attached hydrogens (tertiary/aromatic N) is 2. The summed E-state index contributed by atoms with van der Waals surface area (Å²) in [7, 11) is 1.57. The first-order valence-corrected chi connectivity index (χ1v) is 7.05. The summed E-state index contributed by atoms with van der Waals surface area (Å²) in [5.74, 6) is -0.169. The number of aliphatic hydroxyl groups is 1. The summed E-state index contributed by atoms with van der Waals surface area (Å²) >= 11 is 5.96. The summed E-state index contributed by atoms with van der Waals surface area (Å²) in [6.07, 6.45) is 1.71. The number of ether oxygens (including phenoxy) is 1. The lowest BCUT2D eigenvalue weighted by Gasteiger charge is -2.21. The van der Waals surface area contributed by atoms with Crippen molar-refractivity contribution in [2.75, 3.05) is 33.4 Å². The highest BCUT2D eigenvalue weighted by molar-refractivity contribution is 6.29. The molecule has 112 valence electrons. The van der Waals surface area contributed by atoms with Crippen LogP contribution in [0.5, 0.6) is 0 Å². The molecule has 0 atom stereocenters. The Balaban J connectivity index is 2.91. The summed E-state index contributed by atoms with van der Waals surface area (Å²) in [5.41, 5.74) is 1.30. The Morgan fingerprint density at radius 3 is 2.80 bits per heavy atom. The van der Waals surface area contributed by atoms with Crippen LogP contribution in [-0.4, -0.2) is 54.3 Å². The van der Waals surface area contributed by atoms with Crippen LogP contribution in [0, 0.1) is 0 Å². The summed E-state index contributed by atoms with van der Waals surface area (Å²) in [6.45, 7) is 3.08. The number of hydrogen-bond acceptors (Lipinski definition) is 4. The predicted molar refractivity (Wildman–Crippen MR) is 78.1 cm³/mol. The SMILES string of the molecule is CCCc1cc(C(=O)N(CCO)CCOC)cc(Cl)n1. The number of rotatable bonds is 8. The van der Waals surface area contributed by atoms with Crippen molar-refractivity contribution in [1.29, 1.82) is 0 Å². The fourth-order valence-electron chi connectivity index (χ4n) is 1.88. The molecule has 1 N–H and O–H groups in total. The van der Waals surface area contributed by atoms with E-state index in [1.54, 1.807) is 24.1 Å². The van der Waals surface area contributed by atoms with Gasteiger partial charge in [0, 0.05) is 31.5 Å². The summed E-state index contributed by atoms with van der Waals surface area (Å²) in [6, 6.07) is 3.31. The van der Waals surface area contributed by atoms with E-state index in [1.807, 2.05) is 6.92 Å². The lowest BCUT2D eigenvalue weighted by molar-refractivity contribution is 0.0656. The van der Waals surface area contributed by atoms with Gasteiger partial charge in [-0.05, 0) is 18.6 Å². The van der Waals surface area contributed by atoms with Gasteiger partial charge < -0.3 is 14.7 Å². The molecule has 1 aromatic rings. The third-order valence-electron chi connectivity index (χ3n) is 2.82. The van der Waals surface area contributed by atoms with Crippen molar-refractivity contribution in [1.82, 2.24) is 9.88 Å². The maximum Gasteiger partial charge on any atom is 0.254 e. The fraction of sp³-hybridized carbons (Fsp3) is 0.571. The van der Waals surface area contributed by atoms with E-state index in [2.05, 4.69) is 4.98 Å². The Labute approximate surface area is 124 Å². The largest absolute Gasteiger partial charge is 0.395 e. The molecular formula is C14H21ClN2O3. The molecule has 1 aromatic heterocycles. The number of pyridine rings is 1. The van der Waals surface area contributed by atoms with Crippen molar-refractivity contribution >= 4 is 17.5 Å². The number of halogens is 1. The van der Waals surface area contributed by atoms with Crippen molar-refractivity contribution in [3.05, 3.63) is 28.5 Å². The first kappa shape index (κ1) is 16.9. The molecule has 0 saturated carbocycles. The van der Waals surface area contributed by atoms with Crippen LogP contribution in [0.4, 0.5) is 0 Å². The minimum absolute atomic E-state index is 0.0872. The highest BCUT2D eigenvalue weighted by atomic mass is 35.5. The molecule has 20 heavy (non-hydrogen) atoms. The first-order chi connectivity index (χ1) is 9.62. The van der Waals surface area contributed by atoms with Gasteiger partial charge in [-0.1, -0.05) is 24.9 Å². The van der Waals surface area contributed by atoms with Crippen LogP contribution in [-0.2, 0) is 11.2 Å². The van der Waals surface area contributed by atoms with Gasteiger partial charge >= 0.3 is 0 Å². The van der Waals surface area contributed by atoms with Crippen LogP contribution in [0.3, 0.4) is 0 Å². The van der Waals surface area contributed by atoms with E-state index in [0.717, 1.165) is 18.5 Å². The zero-order valence-corrected chi connectivity index (χ0v) is 12.7. The molecule has 0 unspecified atom stereocenters. The molecule has 1 rings (SSSR count). The maximum absolute atomic E-state index is 12.4. The van der Waals surface area contributed by atoms with E-state index >= 15 is 0 Å². The topological polar surface area (TPSA) is 62.7 Å². The van der Waals surface area contributed by atoms with Gasteiger partial charge in [0.15, 0.2) is 0 Å². The van der Waals surface area contributed by atoms with E-state index in [1.165, 1.54) is 0 Å². The number of hydrogen-bond donors (Lipinski definition) is 1. The average Bonchev–Trinajstić information content (AvgIpc) is 2.42. The van der Waals surface area contributed by atoms with E-state index in [9.17, 15) is 4.79 Å². The monoisotopic (exact) mass is 300 g/mol. The summed E-state index contributed by atoms with van der Waals surface area (Å²) in [4.78, 5) is 18.2. The van der Waals surface area contributed by atoms with Crippen molar-refractivity contribution in [2.45, 2.75) is 19.8 Å². The van der Waals surface area contributed by atoms with Gasteiger partial charge in [-0.15, -0.1) is 0 Å². The quantitative estimate of drug-likeness (QED) is 0.743. The molecule has 1 amide bonds. The van der Waals surface area contributed by atoms with Crippen LogP contribution < -0.4 is 0 Å². The zero-order chi connectivity index (χ0) is 15.0. The lowest BCUT2D eigenvalue weighted by Crippen LogP contribution is -2.36.